The topological polar surface area (TPSA) is 77.0 Å². The van der Waals surface area contributed by atoms with Crippen LogP contribution in [0.15, 0.2) is 37.1 Å². The average molecular weight is 245 g/mol. The Labute approximate surface area is 105 Å². The minimum absolute atomic E-state index is 0.0786. The van der Waals surface area contributed by atoms with Gasteiger partial charge in [-0.2, -0.15) is 0 Å². The zero-order chi connectivity index (χ0) is 13.0. The van der Waals surface area contributed by atoms with Gasteiger partial charge in [0.25, 0.3) is 5.91 Å². The van der Waals surface area contributed by atoms with Crippen LogP contribution in [0.4, 0.5) is 0 Å². The maximum absolute atomic E-state index is 11.9. The van der Waals surface area contributed by atoms with Crippen LogP contribution in [0.5, 0.6) is 0 Å². The highest BCUT2D eigenvalue weighted by molar-refractivity contribution is 5.93. The number of pyridine rings is 1. The molecule has 0 bridgehead atoms. The Hall–Kier alpha value is -2.21. The molecule has 0 radical (unpaired) electrons. The Kier molecular flexibility index (Phi) is 3.69. The first kappa shape index (κ1) is 12.3. The molecular formula is C12H15N5O. The van der Waals surface area contributed by atoms with Crippen molar-refractivity contribution in [3.05, 3.63) is 42.6 Å². The monoisotopic (exact) mass is 245 g/mol. The molecule has 6 nitrogen and oxygen atoms in total. The van der Waals surface area contributed by atoms with Crippen LogP contribution in [-0.2, 0) is 0 Å². The van der Waals surface area contributed by atoms with Gasteiger partial charge in [0.15, 0.2) is 0 Å². The smallest absolute Gasteiger partial charge is 0.255 e. The zero-order valence-electron chi connectivity index (χ0n) is 10.2. The van der Waals surface area contributed by atoms with Crippen molar-refractivity contribution in [2.24, 2.45) is 5.73 Å². The molecule has 0 aliphatic rings. The number of imidazole rings is 1. The summed E-state index contributed by atoms with van der Waals surface area (Å²) in [4.78, 5) is 21.7. The van der Waals surface area contributed by atoms with E-state index in [2.05, 4.69) is 9.97 Å². The predicted molar refractivity (Wildman–Crippen MR) is 67.4 cm³/mol. The lowest BCUT2D eigenvalue weighted by Crippen LogP contribution is -2.31. The van der Waals surface area contributed by atoms with E-state index in [9.17, 15) is 4.79 Å². The second-order valence-electron chi connectivity index (χ2n) is 3.89. The highest BCUT2D eigenvalue weighted by Gasteiger charge is 2.11. The van der Waals surface area contributed by atoms with E-state index >= 15 is 0 Å². The molecule has 1 amide bonds. The van der Waals surface area contributed by atoms with Gasteiger partial charge in [-0.15, -0.1) is 0 Å². The van der Waals surface area contributed by atoms with E-state index in [0.717, 1.165) is 5.82 Å². The fourth-order valence-electron chi connectivity index (χ4n) is 1.58. The number of carbonyl (C=O) groups excluding carboxylic acids is 1. The summed E-state index contributed by atoms with van der Waals surface area (Å²) in [6, 6.07) is 3.53. The van der Waals surface area contributed by atoms with Crippen LogP contribution in [0.25, 0.3) is 5.82 Å². The molecule has 2 N–H and O–H groups in total. The van der Waals surface area contributed by atoms with Crippen LogP contribution in [-0.4, -0.2) is 45.5 Å². The van der Waals surface area contributed by atoms with Crippen LogP contribution in [0.2, 0.25) is 0 Å². The van der Waals surface area contributed by atoms with Crippen LogP contribution in [0, 0.1) is 0 Å². The highest BCUT2D eigenvalue weighted by atomic mass is 16.2. The summed E-state index contributed by atoms with van der Waals surface area (Å²) in [5, 5.41) is 0. The highest BCUT2D eigenvalue weighted by Crippen LogP contribution is 2.07. The first-order valence-electron chi connectivity index (χ1n) is 5.62. The molecule has 0 saturated carbocycles. The summed E-state index contributed by atoms with van der Waals surface area (Å²) in [7, 11) is 1.72. The zero-order valence-corrected chi connectivity index (χ0v) is 10.2. The first-order chi connectivity index (χ1) is 8.72. The summed E-state index contributed by atoms with van der Waals surface area (Å²) < 4.78 is 1.78. The molecule has 2 rings (SSSR count). The lowest BCUT2D eigenvalue weighted by molar-refractivity contribution is 0.0798. The number of hydrogen-bond acceptors (Lipinski definition) is 4. The third kappa shape index (κ3) is 2.54. The van der Waals surface area contributed by atoms with Gasteiger partial charge < -0.3 is 10.6 Å². The van der Waals surface area contributed by atoms with Gasteiger partial charge in [0.1, 0.15) is 12.1 Å². The number of likely N-dealkylation sites (N-methyl/N-ethyl adjacent to an activating group) is 1. The molecule has 2 aromatic heterocycles. The first-order valence-corrected chi connectivity index (χ1v) is 5.62. The third-order valence-corrected chi connectivity index (χ3v) is 2.57. The average Bonchev–Trinajstić information content (AvgIpc) is 2.92. The number of hydrogen-bond donors (Lipinski definition) is 1. The largest absolute Gasteiger partial charge is 0.340 e. The molecule has 18 heavy (non-hydrogen) atoms. The Bertz CT molecular complexity index is 506. The van der Waals surface area contributed by atoms with Crippen molar-refractivity contribution < 1.29 is 4.79 Å². The molecule has 0 atom stereocenters. The van der Waals surface area contributed by atoms with E-state index in [1.54, 1.807) is 53.6 Å². The fourth-order valence-corrected chi connectivity index (χ4v) is 1.58. The van der Waals surface area contributed by atoms with Crippen molar-refractivity contribution in [2.45, 2.75) is 0 Å². The van der Waals surface area contributed by atoms with Gasteiger partial charge in [0.2, 0.25) is 0 Å². The second-order valence-corrected chi connectivity index (χ2v) is 3.89. The molecule has 2 heterocycles. The summed E-state index contributed by atoms with van der Waals surface area (Å²) >= 11 is 0. The Balaban J connectivity index is 2.15. The van der Waals surface area contributed by atoms with Crippen LogP contribution in [0.1, 0.15) is 10.4 Å². The van der Waals surface area contributed by atoms with Gasteiger partial charge in [0.05, 0.1) is 5.56 Å². The number of rotatable bonds is 4. The maximum Gasteiger partial charge on any atom is 0.255 e. The van der Waals surface area contributed by atoms with Crippen LogP contribution in [0.3, 0.4) is 0 Å². The molecule has 0 saturated heterocycles. The molecule has 0 aliphatic heterocycles. The Morgan fingerprint density at radius 1 is 1.50 bits per heavy atom. The number of aromatic nitrogens is 3. The van der Waals surface area contributed by atoms with E-state index < -0.39 is 0 Å². The summed E-state index contributed by atoms with van der Waals surface area (Å²) in [6.45, 7) is 0.977. The fraction of sp³-hybridized carbons (Fsp3) is 0.250. The van der Waals surface area contributed by atoms with E-state index in [-0.39, 0.29) is 5.91 Å². The third-order valence-electron chi connectivity index (χ3n) is 2.57. The van der Waals surface area contributed by atoms with Crippen molar-refractivity contribution >= 4 is 5.91 Å². The molecule has 0 aliphatic carbocycles. The predicted octanol–water partition coefficient (Wildman–Crippen LogP) is 0.298. The quantitative estimate of drug-likeness (QED) is 0.840. The van der Waals surface area contributed by atoms with Crippen molar-refractivity contribution in [3.63, 3.8) is 0 Å². The van der Waals surface area contributed by atoms with Gasteiger partial charge >= 0.3 is 0 Å². The minimum atomic E-state index is -0.0786. The lowest BCUT2D eigenvalue weighted by Gasteiger charge is -2.15. The van der Waals surface area contributed by atoms with Gasteiger partial charge in [-0.1, -0.05) is 0 Å². The standard InChI is InChI=1S/C12H15N5O/c1-16(6-4-13)12(18)10-2-3-11(15-8-10)17-7-5-14-9-17/h2-3,5,7-9H,4,6,13H2,1H3. The number of amides is 1. The SMILES string of the molecule is CN(CCN)C(=O)c1ccc(-n2ccnc2)nc1. The lowest BCUT2D eigenvalue weighted by atomic mass is 10.2. The molecule has 2 aromatic rings. The Morgan fingerprint density at radius 2 is 2.33 bits per heavy atom. The normalized spacial score (nSPS) is 10.3. The number of carbonyl (C=O) groups is 1. The van der Waals surface area contributed by atoms with Gasteiger partial charge in [-0.05, 0) is 12.1 Å². The molecule has 0 fully saturated rings. The Morgan fingerprint density at radius 3 is 2.89 bits per heavy atom. The van der Waals surface area contributed by atoms with Gasteiger partial charge in [0, 0.05) is 38.7 Å². The summed E-state index contributed by atoms with van der Waals surface area (Å²) in [5.41, 5.74) is 5.96. The molecule has 6 heteroatoms. The summed E-state index contributed by atoms with van der Waals surface area (Å²) in [5.74, 6) is 0.649. The molecule has 0 aromatic carbocycles. The van der Waals surface area contributed by atoms with Gasteiger partial charge in [-0.25, -0.2) is 9.97 Å². The van der Waals surface area contributed by atoms with Gasteiger partial charge in [-0.3, -0.25) is 9.36 Å². The molecular weight excluding hydrogens is 230 g/mol. The van der Waals surface area contributed by atoms with Crippen molar-refractivity contribution in [1.29, 1.82) is 0 Å². The second kappa shape index (κ2) is 5.42. The molecule has 0 spiro atoms. The van der Waals surface area contributed by atoms with E-state index in [0.29, 0.717) is 18.7 Å². The van der Waals surface area contributed by atoms with Crippen molar-refractivity contribution in [2.75, 3.05) is 20.1 Å². The van der Waals surface area contributed by atoms with E-state index in [4.69, 9.17) is 5.73 Å². The molecule has 94 valence electrons. The number of nitrogens with two attached hydrogens (primary N) is 1. The number of nitrogens with zero attached hydrogens (tertiary/aromatic N) is 4. The van der Waals surface area contributed by atoms with E-state index in [1.165, 1.54) is 0 Å². The molecule has 0 unspecified atom stereocenters. The maximum atomic E-state index is 11.9. The van der Waals surface area contributed by atoms with Crippen LogP contribution < -0.4 is 5.73 Å². The van der Waals surface area contributed by atoms with Crippen molar-refractivity contribution in [3.8, 4) is 5.82 Å². The van der Waals surface area contributed by atoms with Crippen LogP contribution >= 0.6 is 0 Å². The minimum Gasteiger partial charge on any atom is -0.340 e. The van der Waals surface area contributed by atoms with Crippen molar-refractivity contribution in [1.82, 2.24) is 19.4 Å². The summed E-state index contributed by atoms with van der Waals surface area (Å²) in [6.07, 6.45) is 6.69. The van der Waals surface area contributed by atoms with E-state index in [1.807, 2.05) is 0 Å².